The third-order valence-corrected chi connectivity index (χ3v) is 3.65. The van der Waals surface area contributed by atoms with Crippen LogP contribution in [0.5, 0.6) is 0 Å². The van der Waals surface area contributed by atoms with Gasteiger partial charge in [-0.2, -0.15) is 0 Å². The highest BCUT2D eigenvalue weighted by atomic mass is 35.5. The molecule has 0 radical (unpaired) electrons. The molecule has 1 fully saturated rings. The molecular weight excluding hydrogens is 289 g/mol. The zero-order valence-electron chi connectivity index (χ0n) is 11.5. The van der Waals surface area contributed by atoms with Gasteiger partial charge in [-0.05, 0) is 31.8 Å². The van der Waals surface area contributed by atoms with Crippen molar-refractivity contribution in [3.8, 4) is 0 Å². The first-order chi connectivity index (χ1) is 8.56. The molecule has 0 bridgehead atoms. The Labute approximate surface area is 126 Å². The van der Waals surface area contributed by atoms with E-state index in [0.29, 0.717) is 12.5 Å². The van der Waals surface area contributed by atoms with Gasteiger partial charge in [-0.1, -0.05) is 0 Å². The van der Waals surface area contributed by atoms with Gasteiger partial charge < -0.3 is 10.2 Å². The highest BCUT2D eigenvalue weighted by molar-refractivity contribution is 6.27. The molecule has 1 saturated heterocycles. The summed E-state index contributed by atoms with van der Waals surface area (Å²) in [6.07, 6.45) is 2.05. The van der Waals surface area contributed by atoms with E-state index in [4.69, 9.17) is 11.6 Å². The highest BCUT2D eigenvalue weighted by Gasteiger charge is 2.22. The second-order valence-electron chi connectivity index (χ2n) is 4.80. The van der Waals surface area contributed by atoms with Gasteiger partial charge in [0.25, 0.3) is 0 Å². The van der Waals surface area contributed by atoms with Crippen molar-refractivity contribution in [3.05, 3.63) is 0 Å². The molecule has 0 unspecified atom stereocenters. The van der Waals surface area contributed by atoms with E-state index in [-0.39, 0.29) is 30.1 Å². The normalized spacial score (nSPS) is 16.6. The fraction of sp³-hybridized carbons (Fsp3) is 0.833. The summed E-state index contributed by atoms with van der Waals surface area (Å²) >= 11 is 5.52. The average Bonchev–Trinajstić information content (AvgIpc) is 2.39. The van der Waals surface area contributed by atoms with Crippen molar-refractivity contribution in [1.29, 1.82) is 0 Å². The molecule has 1 N–H and O–H groups in total. The van der Waals surface area contributed by atoms with E-state index < -0.39 is 0 Å². The number of amides is 2. The smallest absolute Gasteiger partial charge is 0.237 e. The third kappa shape index (κ3) is 6.45. The van der Waals surface area contributed by atoms with Gasteiger partial charge in [0.15, 0.2) is 0 Å². The number of piperidine rings is 1. The molecule has 0 atom stereocenters. The van der Waals surface area contributed by atoms with Crippen LogP contribution in [0, 0.1) is 5.92 Å². The van der Waals surface area contributed by atoms with Crippen molar-refractivity contribution in [3.63, 3.8) is 0 Å². The van der Waals surface area contributed by atoms with E-state index in [1.807, 2.05) is 0 Å². The molecule has 7 heteroatoms. The lowest BCUT2D eigenvalue weighted by Crippen LogP contribution is -2.43. The first kappa shape index (κ1) is 18.5. The van der Waals surface area contributed by atoms with Crippen LogP contribution < -0.4 is 5.32 Å². The minimum absolute atomic E-state index is 0. The summed E-state index contributed by atoms with van der Waals surface area (Å²) in [6.45, 7) is 3.07. The zero-order chi connectivity index (χ0) is 13.5. The minimum Gasteiger partial charge on any atom is -0.358 e. The van der Waals surface area contributed by atoms with Crippen LogP contribution in [0.15, 0.2) is 0 Å². The number of hydrogen-bond acceptors (Lipinski definition) is 3. The lowest BCUT2D eigenvalue weighted by Gasteiger charge is -2.33. The first-order valence-electron chi connectivity index (χ1n) is 6.29. The molecule has 112 valence electrons. The Kier molecular flexibility index (Phi) is 9.14. The number of nitrogens with one attached hydrogen (secondary N) is 1. The van der Waals surface area contributed by atoms with E-state index in [0.717, 1.165) is 32.5 Å². The molecule has 1 aliphatic rings. The fourth-order valence-corrected chi connectivity index (χ4v) is 2.40. The van der Waals surface area contributed by atoms with Crippen LogP contribution in [0.25, 0.3) is 0 Å². The minimum atomic E-state index is -0.0237. The molecule has 0 aromatic rings. The largest absolute Gasteiger partial charge is 0.358 e. The third-order valence-electron chi connectivity index (χ3n) is 3.43. The number of alkyl halides is 1. The maximum Gasteiger partial charge on any atom is 0.237 e. The maximum atomic E-state index is 11.4. The van der Waals surface area contributed by atoms with Gasteiger partial charge in [-0.25, -0.2) is 0 Å². The van der Waals surface area contributed by atoms with Gasteiger partial charge in [0.1, 0.15) is 5.88 Å². The molecule has 2 amide bonds. The molecule has 19 heavy (non-hydrogen) atoms. The van der Waals surface area contributed by atoms with Gasteiger partial charge in [-0.3, -0.25) is 14.5 Å². The van der Waals surface area contributed by atoms with E-state index in [1.165, 1.54) is 0 Å². The number of hydrogen-bond donors (Lipinski definition) is 1. The summed E-state index contributed by atoms with van der Waals surface area (Å²) in [4.78, 5) is 26.5. The Balaban J connectivity index is 0.00000324. The predicted octanol–water partition coefficient (Wildman–Crippen LogP) is 0.563. The number of likely N-dealkylation sites (N-methyl/N-ethyl adjacent to an activating group) is 1. The molecule has 1 aliphatic heterocycles. The van der Waals surface area contributed by atoms with Crippen molar-refractivity contribution < 1.29 is 9.59 Å². The second kappa shape index (κ2) is 9.39. The van der Waals surface area contributed by atoms with Crippen molar-refractivity contribution in [2.45, 2.75) is 12.8 Å². The Morgan fingerprint density at radius 2 is 1.95 bits per heavy atom. The van der Waals surface area contributed by atoms with Crippen molar-refractivity contribution >= 4 is 35.8 Å². The quantitative estimate of drug-likeness (QED) is 0.755. The Hall–Kier alpha value is -0.520. The topological polar surface area (TPSA) is 52.7 Å². The Bertz CT molecular complexity index is 295. The number of carbonyl (C=O) groups excluding carboxylic acids is 2. The SMILES string of the molecule is CNC(=O)CN1CCC(CN(C)C(=O)CCl)CC1.Cl. The Morgan fingerprint density at radius 1 is 1.37 bits per heavy atom. The average molecular weight is 312 g/mol. The first-order valence-corrected chi connectivity index (χ1v) is 6.83. The lowest BCUT2D eigenvalue weighted by atomic mass is 9.96. The number of carbonyl (C=O) groups is 2. The predicted molar refractivity (Wildman–Crippen MR) is 78.8 cm³/mol. The lowest BCUT2D eigenvalue weighted by molar-refractivity contribution is -0.127. The molecular formula is C12H23Cl2N3O2. The zero-order valence-corrected chi connectivity index (χ0v) is 13.1. The standard InChI is InChI=1S/C12H22ClN3O2.ClH/c1-14-11(17)9-16-5-3-10(4-6-16)8-15(2)12(18)7-13;/h10H,3-9H2,1-2H3,(H,14,17);1H. The van der Waals surface area contributed by atoms with Gasteiger partial charge in [0, 0.05) is 20.6 Å². The fourth-order valence-electron chi connectivity index (χ4n) is 2.20. The number of nitrogens with zero attached hydrogens (tertiary/aromatic N) is 2. The summed E-state index contributed by atoms with van der Waals surface area (Å²) < 4.78 is 0. The monoisotopic (exact) mass is 311 g/mol. The molecule has 0 aliphatic carbocycles. The van der Waals surface area contributed by atoms with Crippen LogP contribution in [-0.2, 0) is 9.59 Å². The number of rotatable bonds is 5. The van der Waals surface area contributed by atoms with Crippen molar-refractivity contribution in [2.75, 3.05) is 46.2 Å². The summed E-state index contributed by atoms with van der Waals surface area (Å²) in [7, 11) is 3.45. The van der Waals surface area contributed by atoms with E-state index in [1.54, 1.807) is 19.0 Å². The van der Waals surface area contributed by atoms with E-state index in [2.05, 4.69) is 10.2 Å². The summed E-state index contributed by atoms with van der Waals surface area (Å²) in [5.41, 5.74) is 0. The van der Waals surface area contributed by atoms with Crippen molar-refractivity contribution in [2.24, 2.45) is 5.92 Å². The Morgan fingerprint density at radius 3 is 2.42 bits per heavy atom. The second-order valence-corrected chi connectivity index (χ2v) is 5.07. The van der Waals surface area contributed by atoms with Gasteiger partial charge >= 0.3 is 0 Å². The molecule has 1 rings (SSSR count). The molecule has 0 saturated carbocycles. The van der Waals surface area contributed by atoms with Crippen LogP contribution in [0.3, 0.4) is 0 Å². The van der Waals surface area contributed by atoms with E-state index >= 15 is 0 Å². The number of likely N-dealkylation sites (tertiary alicyclic amines) is 1. The van der Waals surface area contributed by atoms with Gasteiger partial charge in [-0.15, -0.1) is 24.0 Å². The molecule has 1 heterocycles. The summed E-state index contributed by atoms with van der Waals surface area (Å²) in [6, 6.07) is 0. The summed E-state index contributed by atoms with van der Waals surface area (Å²) in [5.74, 6) is 0.599. The van der Waals surface area contributed by atoms with Crippen LogP contribution in [0.1, 0.15) is 12.8 Å². The van der Waals surface area contributed by atoms with Crippen LogP contribution in [0.4, 0.5) is 0 Å². The molecule has 5 nitrogen and oxygen atoms in total. The van der Waals surface area contributed by atoms with Crippen molar-refractivity contribution in [1.82, 2.24) is 15.1 Å². The number of halogens is 2. The highest BCUT2D eigenvalue weighted by Crippen LogP contribution is 2.17. The molecule has 0 aromatic carbocycles. The molecule has 0 aromatic heterocycles. The van der Waals surface area contributed by atoms with Gasteiger partial charge in [0.2, 0.25) is 11.8 Å². The maximum absolute atomic E-state index is 11.4. The van der Waals surface area contributed by atoms with Gasteiger partial charge in [0.05, 0.1) is 6.54 Å². The van der Waals surface area contributed by atoms with Crippen LogP contribution in [0.2, 0.25) is 0 Å². The van der Waals surface area contributed by atoms with E-state index in [9.17, 15) is 9.59 Å². The van der Waals surface area contributed by atoms with Crippen LogP contribution in [-0.4, -0.2) is 67.8 Å². The van der Waals surface area contributed by atoms with Crippen LogP contribution >= 0.6 is 24.0 Å². The molecule has 0 spiro atoms. The summed E-state index contributed by atoms with van der Waals surface area (Å²) in [5, 5.41) is 2.63.